The summed E-state index contributed by atoms with van der Waals surface area (Å²) in [4.78, 5) is 18.6. The maximum Gasteiger partial charge on any atom is 0.323 e. The molecule has 2 aromatic rings. The minimum absolute atomic E-state index is 0.0979. The van der Waals surface area contributed by atoms with E-state index < -0.39 is 0 Å². The lowest BCUT2D eigenvalue weighted by Crippen LogP contribution is -2.42. The molecule has 0 bridgehead atoms. The highest BCUT2D eigenvalue weighted by Crippen LogP contribution is 2.16. The van der Waals surface area contributed by atoms with Gasteiger partial charge in [0, 0.05) is 23.7 Å². The maximum absolute atomic E-state index is 12.4. The van der Waals surface area contributed by atoms with Crippen molar-refractivity contribution in [3.8, 4) is 0 Å². The fourth-order valence-corrected chi connectivity index (χ4v) is 2.94. The molecule has 0 atom stereocenters. The molecule has 0 spiro atoms. The van der Waals surface area contributed by atoms with Crippen LogP contribution < -0.4 is 5.32 Å². The molecule has 124 valence electrons. The average Bonchev–Trinajstić information content (AvgIpc) is 3.09. The molecule has 0 saturated carbocycles. The number of urea groups is 1. The molecule has 0 aromatic heterocycles. The van der Waals surface area contributed by atoms with Crippen LogP contribution >= 0.6 is 11.6 Å². The molecule has 1 aliphatic heterocycles. The molecule has 1 N–H and O–H groups in total. The van der Waals surface area contributed by atoms with Crippen molar-refractivity contribution in [2.45, 2.75) is 12.8 Å². The third kappa shape index (κ3) is 4.15. The molecule has 0 unspecified atom stereocenters. The number of hydrogen-bond donors (Lipinski definition) is 1. The number of carbonyl (C=O) groups excluding carboxylic acids is 1. The second kappa shape index (κ2) is 7.97. The van der Waals surface area contributed by atoms with Crippen molar-refractivity contribution in [3.63, 3.8) is 0 Å². The van der Waals surface area contributed by atoms with E-state index in [-0.39, 0.29) is 6.03 Å². The number of aliphatic imine (C=N–C) groups is 1. The predicted molar refractivity (Wildman–Crippen MR) is 97.7 cm³/mol. The van der Waals surface area contributed by atoms with Gasteiger partial charge < -0.3 is 5.32 Å². The Hall–Kier alpha value is -2.33. The number of nitrogens with one attached hydrogen (secondary N) is 1. The third-order valence-corrected chi connectivity index (χ3v) is 4.17. The quantitative estimate of drug-likeness (QED) is 0.827. The van der Waals surface area contributed by atoms with E-state index in [1.165, 1.54) is 5.56 Å². The zero-order valence-electron chi connectivity index (χ0n) is 13.4. The van der Waals surface area contributed by atoms with E-state index in [0.29, 0.717) is 30.5 Å². The van der Waals surface area contributed by atoms with E-state index in [0.717, 1.165) is 18.4 Å². The molecule has 0 aliphatic carbocycles. The van der Waals surface area contributed by atoms with Gasteiger partial charge in [-0.3, -0.25) is 9.89 Å². The minimum atomic E-state index is -0.0979. The van der Waals surface area contributed by atoms with Crippen LogP contribution in [0.5, 0.6) is 0 Å². The Labute approximate surface area is 147 Å². The highest BCUT2D eigenvalue weighted by molar-refractivity contribution is 6.31. The van der Waals surface area contributed by atoms with Gasteiger partial charge in [0.15, 0.2) is 0 Å². The SMILES string of the molecule is O=C(NCCCc1ccccc1)N1CCN=C1c1cccc(Cl)c1. The molecular weight excluding hydrogens is 322 g/mol. The fourth-order valence-electron chi connectivity index (χ4n) is 2.75. The van der Waals surface area contributed by atoms with E-state index in [9.17, 15) is 4.79 Å². The number of benzene rings is 2. The summed E-state index contributed by atoms with van der Waals surface area (Å²) in [5.74, 6) is 0.693. The highest BCUT2D eigenvalue weighted by atomic mass is 35.5. The van der Waals surface area contributed by atoms with Gasteiger partial charge in [0.1, 0.15) is 5.84 Å². The third-order valence-electron chi connectivity index (χ3n) is 3.93. The zero-order valence-corrected chi connectivity index (χ0v) is 14.2. The predicted octanol–water partition coefficient (Wildman–Crippen LogP) is 3.74. The minimum Gasteiger partial charge on any atom is -0.338 e. The van der Waals surface area contributed by atoms with Crippen LogP contribution in [0.25, 0.3) is 0 Å². The summed E-state index contributed by atoms with van der Waals surface area (Å²) in [6, 6.07) is 17.6. The van der Waals surface area contributed by atoms with Gasteiger partial charge in [0.2, 0.25) is 0 Å². The Morgan fingerprint density at radius 3 is 2.79 bits per heavy atom. The number of amides is 2. The molecule has 2 amide bonds. The number of aryl methyl sites for hydroxylation is 1. The second-order valence-corrected chi connectivity index (χ2v) is 6.12. The van der Waals surface area contributed by atoms with E-state index in [4.69, 9.17) is 11.6 Å². The van der Waals surface area contributed by atoms with Gasteiger partial charge in [0.25, 0.3) is 0 Å². The summed E-state index contributed by atoms with van der Waals surface area (Å²) in [6.07, 6.45) is 1.86. The largest absolute Gasteiger partial charge is 0.338 e. The Morgan fingerprint density at radius 2 is 2.00 bits per heavy atom. The van der Waals surface area contributed by atoms with Crippen LogP contribution in [-0.4, -0.2) is 36.4 Å². The first-order valence-corrected chi connectivity index (χ1v) is 8.51. The molecule has 3 rings (SSSR count). The Kier molecular flexibility index (Phi) is 5.49. The van der Waals surface area contributed by atoms with Crippen LogP contribution in [0.1, 0.15) is 17.5 Å². The summed E-state index contributed by atoms with van der Waals surface area (Å²) in [6.45, 7) is 1.87. The highest BCUT2D eigenvalue weighted by Gasteiger charge is 2.24. The normalized spacial score (nSPS) is 13.7. The summed E-state index contributed by atoms with van der Waals surface area (Å²) >= 11 is 6.04. The number of nitrogens with zero attached hydrogens (tertiary/aromatic N) is 2. The van der Waals surface area contributed by atoms with Gasteiger partial charge in [-0.15, -0.1) is 0 Å². The monoisotopic (exact) mass is 341 g/mol. The molecule has 2 aromatic carbocycles. The average molecular weight is 342 g/mol. The van der Waals surface area contributed by atoms with Gasteiger partial charge in [0.05, 0.1) is 6.54 Å². The maximum atomic E-state index is 12.4. The van der Waals surface area contributed by atoms with E-state index in [2.05, 4.69) is 22.4 Å². The summed E-state index contributed by atoms with van der Waals surface area (Å²) in [7, 11) is 0. The Balaban J connectivity index is 1.52. The first-order chi connectivity index (χ1) is 11.7. The number of hydrogen-bond acceptors (Lipinski definition) is 2. The number of amidine groups is 1. The fraction of sp³-hybridized carbons (Fsp3) is 0.263. The molecular formula is C19H20ClN3O. The molecule has 4 nitrogen and oxygen atoms in total. The Morgan fingerprint density at radius 1 is 1.17 bits per heavy atom. The van der Waals surface area contributed by atoms with E-state index >= 15 is 0 Å². The van der Waals surface area contributed by atoms with Crippen LogP contribution in [-0.2, 0) is 6.42 Å². The number of rotatable bonds is 5. The van der Waals surface area contributed by atoms with Gasteiger partial charge >= 0.3 is 6.03 Å². The molecule has 24 heavy (non-hydrogen) atoms. The van der Waals surface area contributed by atoms with Gasteiger partial charge in [-0.25, -0.2) is 4.79 Å². The first kappa shape index (κ1) is 16.5. The summed E-state index contributed by atoms with van der Waals surface area (Å²) < 4.78 is 0. The van der Waals surface area contributed by atoms with Crippen LogP contribution in [0.3, 0.4) is 0 Å². The Bertz CT molecular complexity index is 730. The first-order valence-electron chi connectivity index (χ1n) is 8.14. The van der Waals surface area contributed by atoms with Crippen LogP contribution in [0, 0.1) is 0 Å². The number of halogens is 1. The van der Waals surface area contributed by atoms with Crippen molar-refractivity contribution in [2.75, 3.05) is 19.6 Å². The van der Waals surface area contributed by atoms with Crippen molar-refractivity contribution in [3.05, 3.63) is 70.7 Å². The molecule has 1 aliphatic rings. The lowest BCUT2D eigenvalue weighted by atomic mass is 10.1. The van der Waals surface area contributed by atoms with Gasteiger partial charge in [-0.2, -0.15) is 0 Å². The van der Waals surface area contributed by atoms with Gasteiger partial charge in [-0.05, 0) is 30.5 Å². The van der Waals surface area contributed by atoms with Crippen LogP contribution in [0.15, 0.2) is 59.6 Å². The molecule has 0 saturated heterocycles. The molecule has 0 radical (unpaired) electrons. The summed E-state index contributed by atoms with van der Waals surface area (Å²) in [5.41, 5.74) is 2.16. The van der Waals surface area contributed by atoms with E-state index in [1.54, 1.807) is 4.90 Å². The van der Waals surface area contributed by atoms with Crippen molar-refractivity contribution in [2.24, 2.45) is 4.99 Å². The smallest absolute Gasteiger partial charge is 0.323 e. The van der Waals surface area contributed by atoms with Crippen LogP contribution in [0.2, 0.25) is 5.02 Å². The van der Waals surface area contributed by atoms with E-state index in [1.807, 2.05) is 42.5 Å². The molecule has 1 heterocycles. The van der Waals surface area contributed by atoms with Crippen molar-refractivity contribution in [1.29, 1.82) is 0 Å². The standard InChI is InChI=1S/C19H20ClN3O/c20-17-10-4-9-16(14-17)18-21-12-13-23(18)19(24)22-11-5-8-15-6-2-1-3-7-15/h1-4,6-7,9-10,14H,5,8,11-13H2,(H,22,24). The van der Waals surface area contributed by atoms with Crippen molar-refractivity contribution in [1.82, 2.24) is 10.2 Å². The second-order valence-electron chi connectivity index (χ2n) is 5.69. The number of carbonyl (C=O) groups is 1. The molecule has 0 fully saturated rings. The van der Waals surface area contributed by atoms with Crippen molar-refractivity contribution >= 4 is 23.5 Å². The lowest BCUT2D eigenvalue weighted by Gasteiger charge is -2.19. The van der Waals surface area contributed by atoms with Crippen LogP contribution in [0.4, 0.5) is 4.79 Å². The zero-order chi connectivity index (χ0) is 16.8. The van der Waals surface area contributed by atoms with Crippen molar-refractivity contribution < 1.29 is 4.79 Å². The molecule has 5 heteroatoms. The lowest BCUT2D eigenvalue weighted by molar-refractivity contribution is 0.223. The topological polar surface area (TPSA) is 44.7 Å². The van der Waals surface area contributed by atoms with Gasteiger partial charge in [-0.1, -0.05) is 54.1 Å². The summed E-state index contributed by atoms with van der Waals surface area (Å²) in [5, 5.41) is 3.63.